The number of rotatable bonds is 12. The molecule has 140 valence electrons. The first kappa shape index (κ1) is 21.1. The average molecular weight is 344 g/mol. The van der Waals surface area contributed by atoms with Gasteiger partial charge in [-0.15, -0.1) is 0 Å². The van der Waals surface area contributed by atoms with E-state index in [1.807, 2.05) is 6.92 Å². The average Bonchev–Trinajstić information content (AvgIpc) is 2.92. The monoisotopic (exact) mass is 344 g/mol. The molecule has 6 heteroatoms. The summed E-state index contributed by atoms with van der Waals surface area (Å²) in [7, 11) is 0. The third-order valence-electron chi connectivity index (χ3n) is 4.45. The van der Waals surface area contributed by atoms with Crippen molar-refractivity contribution in [2.24, 2.45) is 0 Å². The van der Waals surface area contributed by atoms with Gasteiger partial charge in [-0.25, -0.2) is 0 Å². The maximum Gasteiger partial charge on any atom is 0.303 e. The Hall–Kier alpha value is -0.950. The summed E-state index contributed by atoms with van der Waals surface area (Å²) in [4.78, 5) is 10.4. The lowest BCUT2D eigenvalue weighted by Crippen LogP contribution is -2.26. The fraction of sp³-hybridized carbons (Fsp3) is 0.833. The molecule has 0 aromatic carbocycles. The van der Waals surface area contributed by atoms with Crippen LogP contribution in [0, 0.1) is 0 Å². The van der Waals surface area contributed by atoms with Crippen LogP contribution in [0.4, 0.5) is 0 Å². The number of carboxylic acids is 1. The molecule has 0 unspecified atom stereocenters. The molecule has 1 saturated heterocycles. The molecule has 6 nitrogen and oxygen atoms in total. The second kappa shape index (κ2) is 11.6. The molecular formula is C18H32O6. The molecule has 0 aliphatic carbocycles. The Morgan fingerprint density at radius 1 is 1.21 bits per heavy atom. The molecule has 1 rings (SSSR count). The third kappa shape index (κ3) is 8.24. The normalized spacial score (nSPS) is 26.8. The predicted molar refractivity (Wildman–Crippen MR) is 90.7 cm³/mol. The topological polar surface area (TPSA) is 107 Å². The van der Waals surface area contributed by atoms with Gasteiger partial charge >= 0.3 is 5.97 Å². The molecule has 4 N–H and O–H groups in total. The van der Waals surface area contributed by atoms with Crippen molar-refractivity contribution in [1.29, 1.82) is 0 Å². The van der Waals surface area contributed by atoms with E-state index in [0.717, 1.165) is 25.7 Å². The van der Waals surface area contributed by atoms with Crippen LogP contribution in [-0.4, -0.2) is 56.9 Å². The molecule has 0 radical (unpaired) electrons. The van der Waals surface area contributed by atoms with Crippen LogP contribution in [0.1, 0.15) is 64.7 Å². The lowest BCUT2D eigenvalue weighted by molar-refractivity contribution is -0.137. The van der Waals surface area contributed by atoms with E-state index in [2.05, 4.69) is 0 Å². The minimum atomic E-state index is -0.752. The summed E-state index contributed by atoms with van der Waals surface area (Å²) < 4.78 is 5.69. The van der Waals surface area contributed by atoms with Gasteiger partial charge in [0.25, 0.3) is 0 Å². The second-order valence-corrected chi connectivity index (χ2v) is 6.57. The van der Waals surface area contributed by atoms with Crippen molar-refractivity contribution in [3.63, 3.8) is 0 Å². The van der Waals surface area contributed by atoms with Crippen LogP contribution in [0.15, 0.2) is 12.2 Å². The molecule has 0 aromatic rings. The van der Waals surface area contributed by atoms with E-state index >= 15 is 0 Å². The number of hydrogen-bond acceptors (Lipinski definition) is 5. The Morgan fingerprint density at radius 2 is 1.88 bits per heavy atom. The largest absolute Gasteiger partial charge is 0.481 e. The van der Waals surface area contributed by atoms with Crippen LogP contribution in [-0.2, 0) is 9.53 Å². The fourth-order valence-electron chi connectivity index (χ4n) is 2.86. The smallest absolute Gasteiger partial charge is 0.303 e. The Kier molecular flexibility index (Phi) is 10.2. The number of aliphatic hydroxyl groups excluding tert-OH is 3. The summed E-state index contributed by atoms with van der Waals surface area (Å²) in [5.74, 6) is -0.752. The van der Waals surface area contributed by atoms with Crippen LogP contribution in [0.25, 0.3) is 0 Å². The summed E-state index contributed by atoms with van der Waals surface area (Å²) in [5.41, 5.74) is 0. The van der Waals surface area contributed by atoms with Crippen LogP contribution < -0.4 is 0 Å². The summed E-state index contributed by atoms with van der Waals surface area (Å²) in [5, 5.41) is 38.2. The quantitative estimate of drug-likeness (QED) is 0.319. The van der Waals surface area contributed by atoms with E-state index in [1.165, 1.54) is 0 Å². The van der Waals surface area contributed by atoms with E-state index in [0.29, 0.717) is 25.7 Å². The predicted octanol–water partition coefficient (Wildman–Crippen LogP) is 2.01. The van der Waals surface area contributed by atoms with Gasteiger partial charge in [0.1, 0.15) is 6.10 Å². The summed E-state index contributed by atoms with van der Waals surface area (Å²) in [6.45, 7) is 1.87. The molecule has 5 atom stereocenters. The van der Waals surface area contributed by atoms with Crippen molar-refractivity contribution in [1.82, 2.24) is 0 Å². The van der Waals surface area contributed by atoms with Gasteiger partial charge in [0, 0.05) is 12.8 Å². The van der Waals surface area contributed by atoms with E-state index in [-0.39, 0.29) is 12.5 Å². The van der Waals surface area contributed by atoms with E-state index in [9.17, 15) is 20.1 Å². The first-order valence-electron chi connectivity index (χ1n) is 9.03. The van der Waals surface area contributed by atoms with Crippen molar-refractivity contribution in [2.45, 2.75) is 95.2 Å². The van der Waals surface area contributed by atoms with E-state index < -0.39 is 30.4 Å². The molecular weight excluding hydrogens is 312 g/mol. The number of aliphatic carboxylic acids is 1. The molecule has 0 bridgehead atoms. The van der Waals surface area contributed by atoms with Crippen LogP contribution in [0.3, 0.4) is 0 Å². The first-order chi connectivity index (χ1) is 11.4. The number of ether oxygens (including phenoxy) is 1. The minimum absolute atomic E-state index is 0.220. The Balaban J connectivity index is 2.18. The van der Waals surface area contributed by atoms with Gasteiger partial charge in [-0.1, -0.05) is 44.8 Å². The summed E-state index contributed by atoms with van der Waals surface area (Å²) in [6.07, 6.45) is 6.89. The highest BCUT2D eigenvalue weighted by Gasteiger charge is 2.36. The lowest BCUT2D eigenvalue weighted by atomic mass is 10.0. The molecule has 1 fully saturated rings. The second-order valence-electron chi connectivity index (χ2n) is 6.57. The molecule has 1 aliphatic heterocycles. The maximum atomic E-state index is 10.4. The third-order valence-corrected chi connectivity index (χ3v) is 4.45. The highest BCUT2D eigenvalue weighted by Crippen LogP contribution is 2.26. The van der Waals surface area contributed by atoms with E-state index in [1.54, 1.807) is 12.2 Å². The van der Waals surface area contributed by atoms with Gasteiger partial charge in [0.05, 0.1) is 24.4 Å². The zero-order valence-corrected chi connectivity index (χ0v) is 14.5. The van der Waals surface area contributed by atoms with E-state index in [4.69, 9.17) is 9.84 Å². The zero-order valence-electron chi connectivity index (χ0n) is 14.5. The minimum Gasteiger partial charge on any atom is -0.481 e. The molecule has 0 spiro atoms. The number of carboxylic acid groups (broad SMARTS) is 1. The Bertz CT molecular complexity index is 384. The SMILES string of the molecule is CC[C@H](O)/C=C/[C@@H]1O[C@@H]([C@H](O)CCCCCCCC(=O)O)C[C@@H]1O. The number of carbonyl (C=O) groups is 1. The lowest BCUT2D eigenvalue weighted by Gasteiger charge is -2.18. The van der Waals surface area contributed by atoms with Gasteiger partial charge in [-0.2, -0.15) is 0 Å². The van der Waals surface area contributed by atoms with Gasteiger partial charge in [-0.05, 0) is 19.3 Å². The van der Waals surface area contributed by atoms with Crippen LogP contribution in [0.5, 0.6) is 0 Å². The highest BCUT2D eigenvalue weighted by atomic mass is 16.5. The first-order valence-corrected chi connectivity index (χ1v) is 9.03. The van der Waals surface area contributed by atoms with Gasteiger partial charge in [0.2, 0.25) is 0 Å². The van der Waals surface area contributed by atoms with Crippen molar-refractivity contribution in [3.05, 3.63) is 12.2 Å². The standard InChI is InChI=1S/C18H32O6/c1-2-13(19)10-11-16-15(21)12-17(24-16)14(20)8-6-4-3-5-7-9-18(22)23/h10-11,13-17,19-21H,2-9,12H2,1H3,(H,22,23)/b11-10+/t13-,14+,15-,16-,17+/m0/s1. The molecule has 0 amide bonds. The molecule has 1 aliphatic rings. The van der Waals surface area contributed by atoms with Crippen LogP contribution in [0.2, 0.25) is 0 Å². The maximum absolute atomic E-state index is 10.4. The van der Waals surface area contributed by atoms with Crippen molar-refractivity contribution in [3.8, 4) is 0 Å². The molecule has 1 heterocycles. The fourth-order valence-corrected chi connectivity index (χ4v) is 2.86. The van der Waals surface area contributed by atoms with Crippen molar-refractivity contribution < 1.29 is 30.0 Å². The summed E-state index contributed by atoms with van der Waals surface area (Å²) >= 11 is 0. The van der Waals surface area contributed by atoms with Gasteiger partial charge < -0.3 is 25.2 Å². The number of hydrogen-bond donors (Lipinski definition) is 4. The van der Waals surface area contributed by atoms with Gasteiger partial charge in [-0.3, -0.25) is 4.79 Å². The zero-order chi connectivity index (χ0) is 17.9. The number of aliphatic hydroxyl groups is 3. The Morgan fingerprint density at radius 3 is 2.54 bits per heavy atom. The molecule has 24 heavy (non-hydrogen) atoms. The number of unbranched alkanes of at least 4 members (excludes halogenated alkanes) is 4. The summed E-state index contributed by atoms with van der Waals surface area (Å²) in [6, 6.07) is 0. The van der Waals surface area contributed by atoms with Crippen molar-refractivity contribution >= 4 is 5.97 Å². The molecule has 0 saturated carbocycles. The highest BCUT2D eigenvalue weighted by molar-refractivity contribution is 5.66. The Labute approximate surface area is 144 Å². The molecule has 0 aromatic heterocycles. The van der Waals surface area contributed by atoms with Crippen molar-refractivity contribution in [2.75, 3.05) is 0 Å². The van der Waals surface area contributed by atoms with Crippen LogP contribution >= 0.6 is 0 Å². The van der Waals surface area contributed by atoms with Gasteiger partial charge in [0.15, 0.2) is 0 Å².